The summed E-state index contributed by atoms with van der Waals surface area (Å²) in [4.78, 5) is 10.6. The molecule has 0 saturated heterocycles. The number of ketones is 1. The van der Waals surface area contributed by atoms with E-state index in [1.165, 1.54) is 22.1 Å². The summed E-state index contributed by atoms with van der Waals surface area (Å²) >= 11 is 2.27. The van der Waals surface area contributed by atoms with E-state index in [0.717, 1.165) is 5.69 Å². The molecule has 0 heterocycles. The Kier molecular flexibility index (Phi) is 4.13. The zero-order valence-corrected chi connectivity index (χ0v) is 10.3. The first-order valence-corrected chi connectivity index (χ1v) is 5.37. The Hall–Kier alpha value is -0.840. The molecule has 0 atom stereocenters. The van der Waals surface area contributed by atoms with E-state index < -0.39 is 0 Å². The predicted molar refractivity (Wildman–Crippen MR) is 67.3 cm³/mol. The fourth-order valence-electron chi connectivity index (χ4n) is 1.04. The number of benzene rings is 1. The number of hydrogen-bond acceptors (Lipinski definition) is 2. The van der Waals surface area contributed by atoms with E-state index in [1.54, 1.807) is 6.20 Å². The Morgan fingerprint density at radius 2 is 2.21 bits per heavy atom. The van der Waals surface area contributed by atoms with Crippen LogP contribution in [0.1, 0.15) is 12.5 Å². The van der Waals surface area contributed by atoms with Gasteiger partial charge in [0.1, 0.15) is 0 Å². The number of anilines is 1. The molecule has 0 radical (unpaired) electrons. The van der Waals surface area contributed by atoms with Crippen molar-refractivity contribution in [3.8, 4) is 0 Å². The maximum absolute atomic E-state index is 10.6. The van der Waals surface area contributed by atoms with Crippen molar-refractivity contribution >= 4 is 34.1 Å². The summed E-state index contributed by atoms with van der Waals surface area (Å²) in [5.41, 5.74) is 2.20. The van der Waals surface area contributed by atoms with Crippen molar-refractivity contribution in [2.24, 2.45) is 0 Å². The minimum Gasteiger partial charge on any atom is -0.361 e. The number of nitrogens with one attached hydrogen (secondary N) is 1. The van der Waals surface area contributed by atoms with Gasteiger partial charge in [0.05, 0.1) is 0 Å². The van der Waals surface area contributed by atoms with Crippen molar-refractivity contribution in [3.05, 3.63) is 39.6 Å². The molecular weight excluding hydrogens is 289 g/mol. The molecule has 0 aromatic heterocycles. The molecule has 0 saturated carbocycles. The summed E-state index contributed by atoms with van der Waals surface area (Å²) in [5.74, 6) is 0.0423. The van der Waals surface area contributed by atoms with Crippen LogP contribution in [0.15, 0.2) is 30.5 Å². The molecular formula is C11H12INO. The summed E-state index contributed by atoms with van der Waals surface area (Å²) in [6, 6.07) is 6.11. The molecule has 0 unspecified atom stereocenters. The third kappa shape index (κ3) is 3.49. The Morgan fingerprint density at radius 3 is 2.79 bits per heavy atom. The second-order valence-electron chi connectivity index (χ2n) is 3.05. The monoisotopic (exact) mass is 301 g/mol. The molecule has 0 aliphatic heterocycles. The summed E-state index contributed by atoms with van der Waals surface area (Å²) in [6.07, 6.45) is 3.18. The normalized spacial score (nSPS) is 10.5. The first-order valence-electron chi connectivity index (χ1n) is 4.29. The highest BCUT2D eigenvalue weighted by molar-refractivity contribution is 14.1. The third-order valence-electron chi connectivity index (χ3n) is 1.75. The van der Waals surface area contributed by atoms with Crippen LogP contribution in [0.5, 0.6) is 0 Å². The smallest absolute Gasteiger partial charge is 0.154 e. The van der Waals surface area contributed by atoms with Gasteiger partial charge in [-0.25, -0.2) is 0 Å². The van der Waals surface area contributed by atoms with Crippen molar-refractivity contribution in [1.29, 1.82) is 0 Å². The van der Waals surface area contributed by atoms with Crippen LogP contribution in [-0.4, -0.2) is 5.78 Å². The van der Waals surface area contributed by atoms with Gasteiger partial charge in [-0.3, -0.25) is 4.79 Å². The number of allylic oxidation sites excluding steroid dienone is 1. The lowest BCUT2D eigenvalue weighted by molar-refractivity contribution is -0.112. The topological polar surface area (TPSA) is 29.1 Å². The Bertz CT molecular complexity index is 372. The minimum atomic E-state index is 0.0423. The number of carbonyl (C=O) groups excluding carboxylic acids is 1. The van der Waals surface area contributed by atoms with Gasteiger partial charge in [0, 0.05) is 15.5 Å². The van der Waals surface area contributed by atoms with E-state index >= 15 is 0 Å². The van der Waals surface area contributed by atoms with Gasteiger partial charge in [0.25, 0.3) is 0 Å². The van der Waals surface area contributed by atoms with Crippen LogP contribution in [0.3, 0.4) is 0 Å². The van der Waals surface area contributed by atoms with Crippen molar-refractivity contribution < 1.29 is 4.79 Å². The molecule has 1 aromatic rings. The van der Waals surface area contributed by atoms with Crippen molar-refractivity contribution in [3.63, 3.8) is 0 Å². The van der Waals surface area contributed by atoms with Crippen LogP contribution in [0.25, 0.3) is 0 Å². The molecule has 0 aliphatic carbocycles. The van der Waals surface area contributed by atoms with Crippen molar-refractivity contribution in [2.45, 2.75) is 13.8 Å². The van der Waals surface area contributed by atoms with Crippen LogP contribution in [0.4, 0.5) is 5.69 Å². The van der Waals surface area contributed by atoms with E-state index in [9.17, 15) is 4.79 Å². The SMILES string of the molecule is CC(=O)/C=C/Nc1ccc(I)cc1C. The average Bonchev–Trinajstić information content (AvgIpc) is 2.08. The van der Waals surface area contributed by atoms with Gasteiger partial charge in [-0.05, 0) is 66.3 Å². The fourth-order valence-corrected chi connectivity index (χ4v) is 1.68. The minimum absolute atomic E-state index is 0.0423. The lowest BCUT2D eigenvalue weighted by Gasteiger charge is -2.04. The molecule has 1 N–H and O–H groups in total. The largest absolute Gasteiger partial charge is 0.361 e. The maximum Gasteiger partial charge on any atom is 0.154 e. The molecule has 1 rings (SSSR count). The van der Waals surface area contributed by atoms with E-state index in [4.69, 9.17) is 0 Å². The van der Waals surface area contributed by atoms with E-state index in [2.05, 4.69) is 34.0 Å². The lowest BCUT2D eigenvalue weighted by atomic mass is 10.2. The zero-order chi connectivity index (χ0) is 10.6. The molecule has 1 aromatic carbocycles. The number of halogens is 1. The second kappa shape index (κ2) is 5.14. The van der Waals surface area contributed by atoms with Gasteiger partial charge < -0.3 is 5.32 Å². The van der Waals surface area contributed by atoms with E-state index in [1.807, 2.05) is 19.1 Å². The van der Waals surface area contributed by atoms with Crippen LogP contribution in [0.2, 0.25) is 0 Å². The molecule has 3 heteroatoms. The van der Waals surface area contributed by atoms with E-state index in [0.29, 0.717) is 0 Å². The molecule has 0 fully saturated rings. The molecule has 0 bridgehead atoms. The summed E-state index contributed by atoms with van der Waals surface area (Å²) in [7, 11) is 0. The molecule has 0 spiro atoms. The average molecular weight is 301 g/mol. The van der Waals surface area contributed by atoms with Gasteiger partial charge in [-0.2, -0.15) is 0 Å². The highest BCUT2D eigenvalue weighted by Gasteiger charge is 1.95. The van der Waals surface area contributed by atoms with Gasteiger partial charge in [-0.15, -0.1) is 0 Å². The predicted octanol–water partition coefficient (Wildman–Crippen LogP) is 3.11. The fraction of sp³-hybridized carbons (Fsp3) is 0.182. The molecule has 0 aliphatic rings. The quantitative estimate of drug-likeness (QED) is 0.686. The van der Waals surface area contributed by atoms with Crippen LogP contribution in [0, 0.1) is 10.5 Å². The van der Waals surface area contributed by atoms with Gasteiger partial charge in [0.15, 0.2) is 5.78 Å². The zero-order valence-electron chi connectivity index (χ0n) is 8.17. The molecule has 74 valence electrons. The van der Waals surface area contributed by atoms with Gasteiger partial charge in [0.2, 0.25) is 0 Å². The second-order valence-corrected chi connectivity index (χ2v) is 4.29. The summed E-state index contributed by atoms with van der Waals surface area (Å²) in [6.45, 7) is 3.56. The van der Waals surface area contributed by atoms with Crippen LogP contribution in [-0.2, 0) is 4.79 Å². The Morgan fingerprint density at radius 1 is 1.50 bits per heavy atom. The Labute approximate surface area is 97.5 Å². The van der Waals surface area contributed by atoms with Crippen LogP contribution >= 0.6 is 22.6 Å². The van der Waals surface area contributed by atoms with Crippen LogP contribution < -0.4 is 5.32 Å². The molecule has 0 amide bonds. The maximum atomic E-state index is 10.6. The van der Waals surface area contributed by atoms with Gasteiger partial charge >= 0.3 is 0 Å². The highest BCUT2D eigenvalue weighted by Crippen LogP contribution is 2.17. The standard InChI is InChI=1S/C11H12INO/c1-8-7-10(12)3-4-11(8)13-6-5-9(2)14/h3-7,13H,1-2H3/b6-5+. The first kappa shape index (κ1) is 11.2. The number of aryl methyl sites for hydroxylation is 1. The highest BCUT2D eigenvalue weighted by atomic mass is 127. The number of carbonyl (C=O) groups is 1. The Balaban J connectivity index is 2.73. The summed E-state index contributed by atoms with van der Waals surface area (Å²) < 4.78 is 1.21. The summed E-state index contributed by atoms with van der Waals surface area (Å²) in [5, 5.41) is 3.07. The number of hydrogen-bond donors (Lipinski definition) is 1. The van der Waals surface area contributed by atoms with Crippen molar-refractivity contribution in [2.75, 3.05) is 5.32 Å². The first-order chi connectivity index (χ1) is 6.59. The third-order valence-corrected chi connectivity index (χ3v) is 2.42. The number of rotatable bonds is 3. The van der Waals surface area contributed by atoms with Crippen molar-refractivity contribution in [1.82, 2.24) is 0 Å². The molecule has 14 heavy (non-hydrogen) atoms. The van der Waals surface area contributed by atoms with E-state index in [-0.39, 0.29) is 5.78 Å². The lowest BCUT2D eigenvalue weighted by Crippen LogP contribution is -1.92. The van der Waals surface area contributed by atoms with Gasteiger partial charge in [-0.1, -0.05) is 0 Å². The molecule has 2 nitrogen and oxygen atoms in total.